The summed E-state index contributed by atoms with van der Waals surface area (Å²) in [5, 5.41) is 12.7. The third-order valence-corrected chi connectivity index (χ3v) is 3.48. The second-order valence-corrected chi connectivity index (χ2v) is 5.30. The number of nitrogens with zero attached hydrogens (tertiary/aromatic N) is 4. The summed E-state index contributed by atoms with van der Waals surface area (Å²) in [4.78, 5) is 0. The van der Waals surface area contributed by atoms with Crippen LogP contribution in [0, 0.1) is 6.92 Å². The molecule has 0 radical (unpaired) electrons. The second kappa shape index (κ2) is 5.54. The van der Waals surface area contributed by atoms with Crippen molar-refractivity contribution in [3.8, 4) is 11.4 Å². The number of aryl methyl sites for hydroxylation is 1. The van der Waals surface area contributed by atoms with Crippen molar-refractivity contribution in [3.05, 3.63) is 58.6 Å². The first-order valence-corrected chi connectivity index (χ1v) is 6.88. The lowest BCUT2D eigenvalue weighted by atomic mass is 10.1. The number of benzene rings is 2. The quantitative estimate of drug-likeness (QED) is 0.755. The molecular formula is C15H14ClN5. The van der Waals surface area contributed by atoms with E-state index in [9.17, 15) is 0 Å². The van der Waals surface area contributed by atoms with E-state index in [4.69, 9.17) is 17.3 Å². The highest BCUT2D eigenvalue weighted by atomic mass is 35.5. The first-order chi connectivity index (χ1) is 10.1. The van der Waals surface area contributed by atoms with Crippen molar-refractivity contribution < 1.29 is 0 Å². The molecule has 3 rings (SSSR count). The number of nitrogens with two attached hydrogens (primary N) is 1. The van der Waals surface area contributed by atoms with E-state index in [1.54, 1.807) is 4.68 Å². The minimum atomic E-state index is 0.562. The van der Waals surface area contributed by atoms with E-state index in [2.05, 4.69) is 15.5 Å². The van der Waals surface area contributed by atoms with Gasteiger partial charge in [0.25, 0.3) is 0 Å². The molecule has 0 aliphatic rings. The Balaban J connectivity index is 1.97. The van der Waals surface area contributed by atoms with Gasteiger partial charge in [-0.15, -0.1) is 5.10 Å². The molecule has 106 valence electrons. The van der Waals surface area contributed by atoms with Crippen LogP contribution in [0.1, 0.15) is 11.1 Å². The number of tetrazole rings is 1. The summed E-state index contributed by atoms with van der Waals surface area (Å²) < 4.78 is 1.75. The number of nitrogen functional groups attached to an aromatic ring is 1. The highest BCUT2D eigenvalue weighted by Gasteiger charge is 2.12. The number of hydrogen-bond donors (Lipinski definition) is 1. The third-order valence-electron chi connectivity index (χ3n) is 3.24. The van der Waals surface area contributed by atoms with Crippen LogP contribution in [-0.4, -0.2) is 20.2 Å². The molecule has 1 aromatic heterocycles. The molecule has 6 heteroatoms. The molecule has 0 bridgehead atoms. The van der Waals surface area contributed by atoms with Crippen LogP contribution in [0.15, 0.2) is 42.5 Å². The fourth-order valence-electron chi connectivity index (χ4n) is 2.25. The van der Waals surface area contributed by atoms with Gasteiger partial charge in [0.05, 0.1) is 6.54 Å². The van der Waals surface area contributed by atoms with Crippen LogP contribution in [0.4, 0.5) is 5.69 Å². The van der Waals surface area contributed by atoms with Gasteiger partial charge in [-0.2, -0.15) is 0 Å². The molecule has 0 fully saturated rings. The van der Waals surface area contributed by atoms with Crippen LogP contribution in [0.25, 0.3) is 11.4 Å². The van der Waals surface area contributed by atoms with E-state index in [0.717, 1.165) is 22.4 Å². The third kappa shape index (κ3) is 2.87. The van der Waals surface area contributed by atoms with Crippen molar-refractivity contribution in [2.24, 2.45) is 0 Å². The Labute approximate surface area is 127 Å². The zero-order chi connectivity index (χ0) is 14.8. The van der Waals surface area contributed by atoms with Gasteiger partial charge in [0.1, 0.15) is 0 Å². The summed E-state index contributed by atoms with van der Waals surface area (Å²) in [6.45, 7) is 2.55. The Hall–Kier alpha value is -2.40. The Morgan fingerprint density at radius 1 is 1.19 bits per heavy atom. The molecule has 2 aromatic carbocycles. The van der Waals surface area contributed by atoms with Crippen molar-refractivity contribution in [2.75, 3.05) is 5.73 Å². The zero-order valence-electron chi connectivity index (χ0n) is 11.5. The Kier molecular flexibility index (Phi) is 3.58. The molecule has 1 heterocycles. The largest absolute Gasteiger partial charge is 0.399 e. The fraction of sp³-hybridized carbons (Fsp3) is 0.133. The summed E-state index contributed by atoms with van der Waals surface area (Å²) in [6.07, 6.45) is 0. The van der Waals surface area contributed by atoms with Crippen LogP contribution < -0.4 is 5.73 Å². The van der Waals surface area contributed by atoms with Crippen LogP contribution in [0.2, 0.25) is 5.02 Å². The minimum Gasteiger partial charge on any atom is -0.399 e. The lowest BCUT2D eigenvalue weighted by molar-refractivity contribution is 0.653. The van der Waals surface area contributed by atoms with Crippen LogP contribution >= 0.6 is 11.6 Å². The first-order valence-electron chi connectivity index (χ1n) is 6.50. The van der Waals surface area contributed by atoms with E-state index < -0.39 is 0 Å². The maximum Gasteiger partial charge on any atom is 0.182 e. The van der Waals surface area contributed by atoms with Crippen LogP contribution in [-0.2, 0) is 6.54 Å². The molecule has 0 atom stereocenters. The zero-order valence-corrected chi connectivity index (χ0v) is 12.2. The minimum absolute atomic E-state index is 0.562. The smallest absolute Gasteiger partial charge is 0.182 e. The van der Waals surface area contributed by atoms with Gasteiger partial charge in [-0.1, -0.05) is 23.7 Å². The van der Waals surface area contributed by atoms with Crippen molar-refractivity contribution >= 4 is 17.3 Å². The summed E-state index contributed by atoms with van der Waals surface area (Å²) in [6, 6.07) is 13.3. The molecule has 5 nitrogen and oxygen atoms in total. The predicted octanol–water partition coefficient (Wildman–Crippen LogP) is 2.93. The van der Waals surface area contributed by atoms with Gasteiger partial charge < -0.3 is 5.73 Å². The molecule has 0 saturated carbocycles. The van der Waals surface area contributed by atoms with Crippen molar-refractivity contribution in [3.63, 3.8) is 0 Å². The monoisotopic (exact) mass is 299 g/mol. The molecule has 0 unspecified atom stereocenters. The Morgan fingerprint density at radius 2 is 2.05 bits per heavy atom. The topological polar surface area (TPSA) is 69.6 Å². The van der Waals surface area contributed by atoms with E-state index in [-0.39, 0.29) is 0 Å². The summed E-state index contributed by atoms with van der Waals surface area (Å²) in [5.41, 5.74) is 9.57. The summed E-state index contributed by atoms with van der Waals surface area (Å²) in [5.74, 6) is 0.715. The maximum absolute atomic E-state index is 6.01. The molecule has 21 heavy (non-hydrogen) atoms. The van der Waals surface area contributed by atoms with E-state index in [1.807, 2.05) is 49.4 Å². The van der Waals surface area contributed by atoms with E-state index in [1.165, 1.54) is 0 Å². The number of rotatable bonds is 3. The van der Waals surface area contributed by atoms with Gasteiger partial charge in [0, 0.05) is 16.3 Å². The predicted molar refractivity (Wildman–Crippen MR) is 83.0 cm³/mol. The van der Waals surface area contributed by atoms with Crippen LogP contribution in [0.5, 0.6) is 0 Å². The normalized spacial score (nSPS) is 10.8. The molecule has 3 aromatic rings. The summed E-state index contributed by atoms with van der Waals surface area (Å²) >= 11 is 6.01. The van der Waals surface area contributed by atoms with Gasteiger partial charge in [-0.25, -0.2) is 4.68 Å². The highest BCUT2D eigenvalue weighted by molar-refractivity contribution is 6.30. The first kappa shape index (κ1) is 13.6. The van der Waals surface area contributed by atoms with E-state index in [0.29, 0.717) is 17.4 Å². The standard InChI is InChI=1S/C15H14ClN5/c1-10-7-13(17)5-6-14(10)15-18-19-20-21(15)9-11-3-2-4-12(16)8-11/h2-8H,9,17H2,1H3. The van der Waals surface area contributed by atoms with Gasteiger partial charge in [-0.3, -0.25) is 0 Å². The van der Waals surface area contributed by atoms with E-state index >= 15 is 0 Å². The van der Waals surface area contributed by atoms with Crippen LogP contribution in [0.3, 0.4) is 0 Å². The molecule has 0 aliphatic carbocycles. The Bertz CT molecular complexity index is 781. The average Bonchev–Trinajstić information content (AvgIpc) is 2.87. The molecule has 2 N–H and O–H groups in total. The van der Waals surface area contributed by atoms with Gasteiger partial charge in [-0.05, 0) is 58.8 Å². The number of halogens is 1. The van der Waals surface area contributed by atoms with Gasteiger partial charge in [0.15, 0.2) is 5.82 Å². The van der Waals surface area contributed by atoms with Crippen molar-refractivity contribution in [1.29, 1.82) is 0 Å². The van der Waals surface area contributed by atoms with Crippen molar-refractivity contribution in [1.82, 2.24) is 20.2 Å². The van der Waals surface area contributed by atoms with Crippen molar-refractivity contribution in [2.45, 2.75) is 13.5 Å². The molecule has 0 amide bonds. The number of hydrogen-bond acceptors (Lipinski definition) is 4. The molecule has 0 saturated heterocycles. The maximum atomic E-state index is 6.01. The summed E-state index contributed by atoms with van der Waals surface area (Å²) in [7, 11) is 0. The van der Waals surface area contributed by atoms with Gasteiger partial charge >= 0.3 is 0 Å². The fourth-order valence-corrected chi connectivity index (χ4v) is 2.46. The average molecular weight is 300 g/mol. The molecule has 0 aliphatic heterocycles. The second-order valence-electron chi connectivity index (χ2n) is 4.86. The number of anilines is 1. The molecule has 0 spiro atoms. The SMILES string of the molecule is Cc1cc(N)ccc1-c1nnnn1Cc1cccc(Cl)c1. The lowest BCUT2D eigenvalue weighted by Crippen LogP contribution is -2.05. The highest BCUT2D eigenvalue weighted by Crippen LogP contribution is 2.23. The lowest BCUT2D eigenvalue weighted by Gasteiger charge is -2.08. The number of aromatic nitrogens is 4. The Morgan fingerprint density at radius 3 is 2.81 bits per heavy atom. The van der Waals surface area contributed by atoms with Gasteiger partial charge in [0.2, 0.25) is 0 Å². The molecular weight excluding hydrogens is 286 g/mol.